The van der Waals surface area contributed by atoms with Crippen molar-refractivity contribution in [3.63, 3.8) is 0 Å². The molecular formula is C30H35N3O6. The highest BCUT2D eigenvalue weighted by molar-refractivity contribution is 5.91. The van der Waals surface area contributed by atoms with E-state index in [1.54, 1.807) is 26.0 Å². The average molecular weight is 534 g/mol. The second-order valence-corrected chi connectivity index (χ2v) is 10.3. The standard InChI is InChI=1S/C30H35N3O6/c1-19-8-10-21(11-9-19)22-12-14-31-24(16-22)13-15-39-28(34)26-18-27(29(35)38-4)30(3,32-20(26)2)23-6-5-7-25(17-23)33(36)37/h5-12,17,24,27,31-32H,13-16,18H2,1-4H3. The average Bonchev–Trinajstić information content (AvgIpc) is 2.93. The molecule has 2 aromatic carbocycles. The van der Waals surface area contributed by atoms with Gasteiger partial charge in [0.1, 0.15) is 0 Å². The summed E-state index contributed by atoms with van der Waals surface area (Å²) in [6, 6.07) is 14.8. The Morgan fingerprint density at radius 2 is 1.87 bits per heavy atom. The number of hydrogen-bond donors (Lipinski definition) is 2. The van der Waals surface area contributed by atoms with Gasteiger partial charge in [-0.3, -0.25) is 14.9 Å². The molecular weight excluding hydrogens is 498 g/mol. The predicted molar refractivity (Wildman–Crippen MR) is 148 cm³/mol. The van der Waals surface area contributed by atoms with Gasteiger partial charge >= 0.3 is 11.9 Å². The first-order valence-corrected chi connectivity index (χ1v) is 13.1. The number of methoxy groups -OCH3 is 1. The molecule has 9 heteroatoms. The van der Waals surface area contributed by atoms with Gasteiger partial charge in [0, 0.05) is 30.4 Å². The third-order valence-electron chi connectivity index (χ3n) is 7.74. The molecule has 206 valence electrons. The van der Waals surface area contributed by atoms with E-state index in [0.29, 0.717) is 23.3 Å². The summed E-state index contributed by atoms with van der Waals surface area (Å²) >= 11 is 0. The molecule has 2 aliphatic heterocycles. The van der Waals surface area contributed by atoms with Crippen LogP contribution in [0.25, 0.3) is 5.57 Å². The molecule has 3 atom stereocenters. The van der Waals surface area contributed by atoms with Crippen LogP contribution in [0.3, 0.4) is 0 Å². The molecule has 3 unspecified atom stereocenters. The number of non-ortho nitro benzene ring substituents is 1. The fourth-order valence-corrected chi connectivity index (χ4v) is 5.39. The van der Waals surface area contributed by atoms with E-state index in [1.165, 1.54) is 35.9 Å². The number of nitro benzene ring substituents is 1. The van der Waals surface area contributed by atoms with Crippen LogP contribution in [0.2, 0.25) is 0 Å². The Labute approximate surface area is 228 Å². The molecule has 0 aliphatic carbocycles. The topological polar surface area (TPSA) is 120 Å². The van der Waals surface area contributed by atoms with Gasteiger partial charge in [0.15, 0.2) is 0 Å². The van der Waals surface area contributed by atoms with E-state index in [4.69, 9.17) is 9.47 Å². The number of ether oxygens (including phenoxy) is 2. The van der Waals surface area contributed by atoms with Gasteiger partial charge in [-0.2, -0.15) is 0 Å². The number of nitro groups is 1. The second-order valence-electron chi connectivity index (χ2n) is 10.3. The number of carbonyl (C=O) groups is 2. The number of esters is 2. The fourth-order valence-electron chi connectivity index (χ4n) is 5.39. The lowest BCUT2D eigenvalue weighted by Gasteiger charge is -2.42. The smallest absolute Gasteiger partial charge is 0.335 e. The van der Waals surface area contributed by atoms with E-state index in [9.17, 15) is 19.7 Å². The van der Waals surface area contributed by atoms with E-state index < -0.39 is 28.3 Å². The Balaban J connectivity index is 1.43. The van der Waals surface area contributed by atoms with Crippen molar-refractivity contribution in [2.45, 2.75) is 51.6 Å². The molecule has 2 aliphatic rings. The third-order valence-corrected chi connectivity index (χ3v) is 7.74. The number of nitrogens with one attached hydrogen (secondary N) is 2. The highest BCUT2D eigenvalue weighted by Crippen LogP contribution is 2.41. The van der Waals surface area contributed by atoms with Gasteiger partial charge in [-0.25, -0.2) is 4.79 Å². The molecule has 2 aromatic rings. The monoisotopic (exact) mass is 533 g/mol. The SMILES string of the molecule is COC(=O)C1CC(C(=O)OCCC2CC(c3ccc(C)cc3)=CCN2)=C(C)NC1(C)c1cccc([N+](=O)[O-])c1. The van der Waals surface area contributed by atoms with Crippen molar-refractivity contribution in [1.29, 1.82) is 0 Å². The van der Waals surface area contributed by atoms with E-state index >= 15 is 0 Å². The highest BCUT2D eigenvalue weighted by atomic mass is 16.6. The Bertz CT molecular complexity index is 1320. The molecule has 2 N–H and O–H groups in total. The van der Waals surface area contributed by atoms with Crippen LogP contribution in [0.1, 0.15) is 49.8 Å². The molecule has 0 saturated carbocycles. The van der Waals surface area contributed by atoms with Gasteiger partial charge in [-0.15, -0.1) is 0 Å². The Hall–Kier alpha value is -3.98. The van der Waals surface area contributed by atoms with Gasteiger partial charge in [0.2, 0.25) is 0 Å². The minimum atomic E-state index is -1.02. The van der Waals surface area contributed by atoms with Crippen molar-refractivity contribution < 1.29 is 24.0 Å². The number of rotatable bonds is 8. The van der Waals surface area contributed by atoms with Gasteiger partial charge < -0.3 is 20.1 Å². The van der Waals surface area contributed by atoms with Crippen LogP contribution in [-0.4, -0.2) is 43.2 Å². The molecule has 0 bridgehead atoms. The maximum Gasteiger partial charge on any atom is 0.335 e. The zero-order valence-electron chi connectivity index (χ0n) is 22.8. The lowest BCUT2D eigenvalue weighted by atomic mass is 9.73. The summed E-state index contributed by atoms with van der Waals surface area (Å²) in [5.74, 6) is -1.80. The summed E-state index contributed by atoms with van der Waals surface area (Å²) in [5.41, 5.74) is 4.10. The molecule has 39 heavy (non-hydrogen) atoms. The van der Waals surface area contributed by atoms with Crippen molar-refractivity contribution >= 4 is 23.2 Å². The van der Waals surface area contributed by atoms with Crippen molar-refractivity contribution in [2.75, 3.05) is 20.3 Å². The highest BCUT2D eigenvalue weighted by Gasteiger charge is 2.46. The number of benzene rings is 2. The molecule has 0 amide bonds. The largest absolute Gasteiger partial charge is 0.469 e. The lowest BCUT2D eigenvalue weighted by Crippen LogP contribution is -2.52. The van der Waals surface area contributed by atoms with Crippen molar-refractivity contribution in [3.05, 3.63) is 92.7 Å². The van der Waals surface area contributed by atoms with Gasteiger partial charge in [-0.1, -0.05) is 48.0 Å². The van der Waals surface area contributed by atoms with Crippen molar-refractivity contribution in [1.82, 2.24) is 10.6 Å². The molecule has 0 aromatic heterocycles. The molecule has 0 radical (unpaired) electrons. The van der Waals surface area contributed by atoms with Crippen LogP contribution < -0.4 is 10.6 Å². The maximum atomic E-state index is 13.1. The van der Waals surface area contributed by atoms with Gasteiger partial charge in [0.25, 0.3) is 5.69 Å². The molecule has 4 rings (SSSR count). The lowest BCUT2D eigenvalue weighted by molar-refractivity contribution is -0.385. The first-order chi connectivity index (χ1) is 18.6. The number of allylic oxidation sites excluding steroid dienone is 1. The summed E-state index contributed by atoms with van der Waals surface area (Å²) in [6.45, 7) is 6.60. The van der Waals surface area contributed by atoms with Crippen LogP contribution in [0.5, 0.6) is 0 Å². The van der Waals surface area contributed by atoms with Crippen LogP contribution in [0, 0.1) is 23.0 Å². The van der Waals surface area contributed by atoms with Crippen LogP contribution in [-0.2, 0) is 24.6 Å². The second kappa shape index (κ2) is 11.8. The Morgan fingerprint density at radius 1 is 1.13 bits per heavy atom. The van der Waals surface area contributed by atoms with Crippen LogP contribution in [0.15, 0.2) is 65.9 Å². The quantitative estimate of drug-likeness (QED) is 0.288. The fraction of sp³-hybridized carbons (Fsp3) is 0.400. The molecule has 2 heterocycles. The Morgan fingerprint density at radius 3 is 2.56 bits per heavy atom. The number of aryl methyl sites for hydroxylation is 1. The van der Waals surface area contributed by atoms with Crippen LogP contribution >= 0.6 is 0 Å². The maximum absolute atomic E-state index is 13.1. The van der Waals surface area contributed by atoms with E-state index in [-0.39, 0.29) is 24.8 Å². The zero-order valence-corrected chi connectivity index (χ0v) is 22.8. The van der Waals surface area contributed by atoms with Gasteiger partial charge in [0.05, 0.1) is 35.7 Å². The first-order valence-electron chi connectivity index (χ1n) is 13.1. The normalized spacial score (nSPS) is 22.9. The first kappa shape index (κ1) is 28.0. The Kier molecular flexibility index (Phi) is 8.50. The van der Waals surface area contributed by atoms with Gasteiger partial charge in [-0.05, 0) is 56.7 Å². The number of nitrogens with zero attached hydrogens (tertiary/aromatic N) is 1. The summed E-state index contributed by atoms with van der Waals surface area (Å²) in [4.78, 5) is 36.8. The van der Waals surface area contributed by atoms with Crippen LogP contribution in [0.4, 0.5) is 5.69 Å². The minimum Gasteiger partial charge on any atom is -0.469 e. The zero-order chi connectivity index (χ0) is 28.2. The number of hydrogen-bond acceptors (Lipinski definition) is 8. The predicted octanol–water partition coefficient (Wildman–Crippen LogP) is 4.55. The van der Waals surface area contributed by atoms with Crippen molar-refractivity contribution in [3.8, 4) is 0 Å². The molecule has 9 nitrogen and oxygen atoms in total. The van der Waals surface area contributed by atoms with Crippen molar-refractivity contribution in [2.24, 2.45) is 5.92 Å². The third kappa shape index (κ3) is 6.20. The molecule has 0 fully saturated rings. The molecule has 0 spiro atoms. The van der Waals surface area contributed by atoms with E-state index in [2.05, 4.69) is 47.9 Å². The van der Waals surface area contributed by atoms with E-state index in [1.807, 2.05) is 0 Å². The van der Waals surface area contributed by atoms with E-state index in [0.717, 1.165) is 13.0 Å². The summed E-state index contributed by atoms with van der Waals surface area (Å²) in [5, 5.41) is 18.1. The summed E-state index contributed by atoms with van der Waals surface area (Å²) in [6.07, 6.45) is 3.78. The minimum absolute atomic E-state index is 0.0808. The summed E-state index contributed by atoms with van der Waals surface area (Å²) < 4.78 is 10.7. The number of carbonyl (C=O) groups excluding carboxylic acids is 2. The summed E-state index contributed by atoms with van der Waals surface area (Å²) in [7, 11) is 1.29. The molecule has 0 saturated heterocycles.